The number of aromatic carboxylic acids is 1. The van der Waals surface area contributed by atoms with Crippen molar-refractivity contribution in [1.82, 2.24) is 9.97 Å². The van der Waals surface area contributed by atoms with E-state index in [-0.39, 0.29) is 17.5 Å². The standard InChI is InChI=1S/C27H26FN3O5/c1-15-18(25-20(28)8-9-22(34-2)26(25)35-15)10-11-29-24-13-21(30-14-31-24)16-6-7-19(27(32)33)23(12-16)36-17-4-3-5-17/h6-9,12-14,17H,3-5,10-11H2,1-2H3,(H,32,33)(H,29,30,31). The number of nitrogens with one attached hydrogen (secondary N) is 1. The van der Waals surface area contributed by atoms with Crippen LogP contribution in [0.2, 0.25) is 0 Å². The van der Waals surface area contributed by atoms with E-state index in [1.807, 2.05) is 0 Å². The summed E-state index contributed by atoms with van der Waals surface area (Å²) in [4.78, 5) is 20.3. The van der Waals surface area contributed by atoms with Crippen molar-refractivity contribution in [3.8, 4) is 22.8 Å². The molecule has 1 aliphatic rings. The quantitative estimate of drug-likeness (QED) is 0.310. The van der Waals surface area contributed by atoms with Crippen molar-refractivity contribution < 1.29 is 28.2 Å². The molecule has 0 aliphatic heterocycles. The van der Waals surface area contributed by atoms with Crippen LogP contribution in [0.3, 0.4) is 0 Å². The fraction of sp³-hybridized carbons (Fsp3) is 0.296. The summed E-state index contributed by atoms with van der Waals surface area (Å²) in [6, 6.07) is 9.67. The number of methoxy groups -OCH3 is 1. The number of carboxylic acid groups (broad SMARTS) is 1. The van der Waals surface area contributed by atoms with Gasteiger partial charge in [-0.25, -0.2) is 19.2 Å². The van der Waals surface area contributed by atoms with E-state index < -0.39 is 5.97 Å². The van der Waals surface area contributed by atoms with Gasteiger partial charge in [0.15, 0.2) is 11.3 Å². The minimum absolute atomic E-state index is 0.0493. The van der Waals surface area contributed by atoms with Crippen molar-refractivity contribution in [3.05, 3.63) is 65.4 Å². The second-order valence-electron chi connectivity index (χ2n) is 8.74. The van der Waals surface area contributed by atoms with E-state index >= 15 is 0 Å². The zero-order valence-electron chi connectivity index (χ0n) is 20.0. The molecule has 36 heavy (non-hydrogen) atoms. The number of anilines is 1. The Morgan fingerprint density at radius 3 is 2.75 bits per heavy atom. The molecular weight excluding hydrogens is 465 g/mol. The third-order valence-electron chi connectivity index (χ3n) is 6.47. The Bertz CT molecular complexity index is 1430. The van der Waals surface area contributed by atoms with Crippen LogP contribution in [0.4, 0.5) is 10.2 Å². The summed E-state index contributed by atoms with van der Waals surface area (Å²) in [6.45, 7) is 2.29. The van der Waals surface area contributed by atoms with Crippen LogP contribution in [0, 0.1) is 12.7 Å². The molecule has 0 radical (unpaired) electrons. The first kappa shape index (κ1) is 23.6. The van der Waals surface area contributed by atoms with E-state index in [2.05, 4.69) is 15.3 Å². The van der Waals surface area contributed by atoms with Gasteiger partial charge >= 0.3 is 5.97 Å². The molecule has 0 bridgehead atoms. The van der Waals surface area contributed by atoms with Gasteiger partial charge in [0, 0.05) is 23.7 Å². The molecule has 0 unspecified atom stereocenters. The molecule has 4 aromatic rings. The highest BCUT2D eigenvalue weighted by atomic mass is 19.1. The molecule has 2 heterocycles. The van der Waals surface area contributed by atoms with E-state index in [1.165, 1.54) is 25.6 Å². The maximum Gasteiger partial charge on any atom is 0.339 e. The van der Waals surface area contributed by atoms with Crippen LogP contribution in [-0.4, -0.2) is 40.8 Å². The molecule has 1 fully saturated rings. The van der Waals surface area contributed by atoms with E-state index in [0.717, 1.165) is 30.4 Å². The Morgan fingerprint density at radius 1 is 1.19 bits per heavy atom. The number of aromatic nitrogens is 2. The highest BCUT2D eigenvalue weighted by Crippen LogP contribution is 2.35. The van der Waals surface area contributed by atoms with E-state index in [0.29, 0.717) is 52.7 Å². The lowest BCUT2D eigenvalue weighted by Crippen LogP contribution is -2.25. The minimum atomic E-state index is -1.03. The van der Waals surface area contributed by atoms with Gasteiger partial charge in [0.1, 0.15) is 35.0 Å². The summed E-state index contributed by atoms with van der Waals surface area (Å²) in [6.07, 6.45) is 4.93. The number of halogens is 1. The Morgan fingerprint density at radius 2 is 2.03 bits per heavy atom. The summed E-state index contributed by atoms with van der Waals surface area (Å²) in [5.41, 5.74) is 2.66. The molecule has 0 saturated heterocycles. The summed E-state index contributed by atoms with van der Waals surface area (Å²) < 4.78 is 31.6. The number of nitrogens with zero attached hydrogens (tertiary/aromatic N) is 2. The molecule has 2 aromatic carbocycles. The van der Waals surface area contributed by atoms with Gasteiger partial charge in [-0.3, -0.25) is 0 Å². The third-order valence-corrected chi connectivity index (χ3v) is 6.47. The molecule has 2 N–H and O–H groups in total. The van der Waals surface area contributed by atoms with Crippen molar-refractivity contribution in [1.29, 1.82) is 0 Å². The highest BCUT2D eigenvalue weighted by Gasteiger charge is 2.23. The number of ether oxygens (including phenoxy) is 2. The second kappa shape index (κ2) is 9.85. The van der Waals surface area contributed by atoms with Gasteiger partial charge in [0.05, 0.1) is 24.3 Å². The maximum absolute atomic E-state index is 14.6. The number of hydrogen-bond acceptors (Lipinski definition) is 7. The number of carbonyl (C=O) groups is 1. The molecule has 1 aliphatic carbocycles. The summed E-state index contributed by atoms with van der Waals surface area (Å²) in [5, 5.41) is 13.2. The first-order valence-electron chi connectivity index (χ1n) is 11.8. The Labute approximate surface area is 207 Å². The Hall–Kier alpha value is -4.14. The van der Waals surface area contributed by atoms with Crippen LogP contribution in [0.5, 0.6) is 11.5 Å². The van der Waals surface area contributed by atoms with Crippen molar-refractivity contribution in [2.75, 3.05) is 19.0 Å². The molecule has 9 heteroatoms. The van der Waals surface area contributed by atoms with Gasteiger partial charge < -0.3 is 24.3 Å². The number of hydrogen-bond donors (Lipinski definition) is 2. The van der Waals surface area contributed by atoms with E-state index in [9.17, 15) is 14.3 Å². The van der Waals surface area contributed by atoms with Crippen molar-refractivity contribution in [2.24, 2.45) is 0 Å². The SMILES string of the molecule is COc1ccc(F)c2c(CCNc3cc(-c4ccc(C(=O)O)c(OC5CCC5)c4)ncn3)c(C)oc12. The van der Waals surface area contributed by atoms with Gasteiger partial charge in [0.25, 0.3) is 0 Å². The fourth-order valence-corrected chi connectivity index (χ4v) is 4.33. The van der Waals surface area contributed by atoms with Gasteiger partial charge in [-0.2, -0.15) is 0 Å². The number of fused-ring (bicyclic) bond motifs is 1. The molecule has 5 rings (SSSR count). The first-order chi connectivity index (χ1) is 17.4. The van der Waals surface area contributed by atoms with Crippen LogP contribution in [0.25, 0.3) is 22.2 Å². The van der Waals surface area contributed by atoms with Crippen molar-refractivity contribution in [2.45, 2.75) is 38.7 Å². The number of furan rings is 1. The predicted octanol–water partition coefficient (Wildman–Crippen LogP) is 5.63. The van der Waals surface area contributed by atoms with Crippen LogP contribution in [-0.2, 0) is 6.42 Å². The monoisotopic (exact) mass is 491 g/mol. The lowest BCUT2D eigenvalue weighted by molar-refractivity contribution is 0.0680. The van der Waals surface area contributed by atoms with Gasteiger partial charge in [-0.1, -0.05) is 6.07 Å². The molecule has 186 valence electrons. The van der Waals surface area contributed by atoms with Gasteiger partial charge in [-0.15, -0.1) is 0 Å². The topological polar surface area (TPSA) is 107 Å². The number of aryl methyl sites for hydroxylation is 1. The molecule has 0 atom stereocenters. The maximum atomic E-state index is 14.6. The molecule has 0 spiro atoms. The number of benzene rings is 2. The van der Waals surface area contributed by atoms with Crippen LogP contribution in [0.15, 0.2) is 47.1 Å². The Kier molecular flexibility index (Phi) is 6.45. The summed E-state index contributed by atoms with van der Waals surface area (Å²) >= 11 is 0. The molecule has 0 amide bonds. The van der Waals surface area contributed by atoms with Crippen LogP contribution in [0.1, 0.15) is 40.9 Å². The van der Waals surface area contributed by atoms with Crippen LogP contribution < -0.4 is 14.8 Å². The first-order valence-corrected chi connectivity index (χ1v) is 11.8. The molecule has 2 aromatic heterocycles. The summed E-state index contributed by atoms with van der Waals surface area (Å²) in [5.74, 6) is 0.674. The molecule has 1 saturated carbocycles. The molecular formula is C27H26FN3O5. The third kappa shape index (κ3) is 4.56. The normalized spacial score (nSPS) is 13.4. The number of carboxylic acids is 1. The predicted molar refractivity (Wildman–Crippen MR) is 132 cm³/mol. The largest absolute Gasteiger partial charge is 0.493 e. The Balaban J connectivity index is 1.33. The second-order valence-corrected chi connectivity index (χ2v) is 8.74. The fourth-order valence-electron chi connectivity index (χ4n) is 4.33. The summed E-state index contributed by atoms with van der Waals surface area (Å²) in [7, 11) is 1.52. The van der Waals surface area contributed by atoms with E-state index in [4.69, 9.17) is 13.9 Å². The van der Waals surface area contributed by atoms with E-state index in [1.54, 1.807) is 31.2 Å². The average Bonchev–Trinajstić information content (AvgIpc) is 3.18. The van der Waals surface area contributed by atoms with Crippen molar-refractivity contribution >= 4 is 22.8 Å². The van der Waals surface area contributed by atoms with Crippen LogP contribution >= 0.6 is 0 Å². The van der Waals surface area contributed by atoms with Crippen molar-refractivity contribution in [3.63, 3.8) is 0 Å². The lowest BCUT2D eigenvalue weighted by Gasteiger charge is -2.27. The number of rotatable bonds is 9. The smallest absolute Gasteiger partial charge is 0.339 e. The zero-order chi connectivity index (χ0) is 25.2. The minimum Gasteiger partial charge on any atom is -0.493 e. The van der Waals surface area contributed by atoms with Gasteiger partial charge in [-0.05, 0) is 56.9 Å². The van der Waals surface area contributed by atoms with Gasteiger partial charge in [0.2, 0.25) is 0 Å². The lowest BCUT2D eigenvalue weighted by atomic mass is 9.96. The average molecular weight is 492 g/mol. The highest BCUT2D eigenvalue weighted by molar-refractivity contribution is 5.92. The zero-order valence-corrected chi connectivity index (χ0v) is 20.0. The molecule has 8 nitrogen and oxygen atoms in total.